The Balaban J connectivity index is 2.02. The summed E-state index contributed by atoms with van der Waals surface area (Å²) < 4.78 is 0. The van der Waals surface area contributed by atoms with Gasteiger partial charge in [0.2, 0.25) is 0 Å². The minimum atomic E-state index is -0.427. The number of benzene rings is 1. The van der Waals surface area contributed by atoms with Crippen molar-refractivity contribution >= 4 is 6.09 Å². The van der Waals surface area contributed by atoms with E-state index in [1.807, 2.05) is 30.3 Å². The summed E-state index contributed by atoms with van der Waals surface area (Å²) in [4.78, 5) is 21.3. The maximum Gasteiger partial charge on any atom is 0.443 e. The van der Waals surface area contributed by atoms with Gasteiger partial charge in [-0.2, -0.15) is 4.89 Å². The molecule has 0 unspecified atom stereocenters. The predicted molar refractivity (Wildman–Crippen MR) is 44.4 cm³/mol. The van der Waals surface area contributed by atoms with Gasteiger partial charge in [0, 0.05) is 0 Å². The van der Waals surface area contributed by atoms with Crippen LogP contribution in [0.1, 0.15) is 5.56 Å². The van der Waals surface area contributed by atoms with Gasteiger partial charge in [0.05, 0.1) is 6.54 Å². The maximum absolute atomic E-state index is 11.0. The Morgan fingerprint density at radius 1 is 1.31 bits per heavy atom. The Morgan fingerprint density at radius 2 is 2.08 bits per heavy atom. The first kappa shape index (κ1) is 8.07. The molecule has 1 fully saturated rings. The Hall–Kier alpha value is -1.55. The Morgan fingerprint density at radius 3 is 2.69 bits per heavy atom. The first-order chi connectivity index (χ1) is 6.36. The van der Waals surface area contributed by atoms with Gasteiger partial charge in [-0.15, -0.1) is 0 Å². The summed E-state index contributed by atoms with van der Waals surface area (Å²) in [5.74, 6) is 0. The summed E-state index contributed by atoms with van der Waals surface area (Å²) in [5.41, 5.74) is 1.06. The molecule has 1 aromatic rings. The molecule has 0 saturated carbocycles. The fourth-order valence-corrected chi connectivity index (χ4v) is 1.16. The lowest BCUT2D eigenvalue weighted by molar-refractivity contribution is -0.207. The number of carbonyl (C=O) groups is 1. The van der Waals surface area contributed by atoms with Gasteiger partial charge in [-0.1, -0.05) is 30.3 Å². The first-order valence-corrected chi connectivity index (χ1v) is 3.98. The van der Waals surface area contributed by atoms with Crippen LogP contribution in [0.15, 0.2) is 30.3 Å². The molecule has 4 heteroatoms. The van der Waals surface area contributed by atoms with Gasteiger partial charge in [0.25, 0.3) is 0 Å². The van der Waals surface area contributed by atoms with Crippen molar-refractivity contribution in [1.29, 1.82) is 0 Å². The number of carbonyl (C=O) groups excluding carboxylic acids is 1. The van der Waals surface area contributed by atoms with Gasteiger partial charge < -0.3 is 0 Å². The Bertz CT molecular complexity index is 299. The number of hydrogen-bond donors (Lipinski definition) is 0. The highest BCUT2D eigenvalue weighted by atomic mass is 17.2. The van der Waals surface area contributed by atoms with Crippen LogP contribution in [0.2, 0.25) is 0 Å². The average molecular weight is 179 g/mol. The number of amides is 1. The largest absolute Gasteiger partial charge is 0.443 e. The molecule has 0 N–H and O–H groups in total. The lowest BCUT2D eigenvalue weighted by Crippen LogP contribution is -2.23. The molecule has 1 saturated heterocycles. The van der Waals surface area contributed by atoms with E-state index in [9.17, 15) is 4.79 Å². The Kier molecular flexibility index (Phi) is 2.14. The van der Waals surface area contributed by atoms with E-state index >= 15 is 0 Å². The van der Waals surface area contributed by atoms with Crippen LogP contribution >= 0.6 is 0 Å². The third kappa shape index (κ3) is 1.78. The van der Waals surface area contributed by atoms with Crippen molar-refractivity contribution in [2.75, 3.05) is 6.73 Å². The van der Waals surface area contributed by atoms with Crippen LogP contribution in [-0.4, -0.2) is 17.7 Å². The normalized spacial score (nSPS) is 16.0. The van der Waals surface area contributed by atoms with Crippen molar-refractivity contribution in [3.8, 4) is 0 Å². The van der Waals surface area contributed by atoms with Crippen molar-refractivity contribution in [2.24, 2.45) is 0 Å². The van der Waals surface area contributed by atoms with Gasteiger partial charge in [-0.3, -0.25) is 9.79 Å². The van der Waals surface area contributed by atoms with Gasteiger partial charge in [-0.05, 0) is 5.56 Å². The summed E-state index contributed by atoms with van der Waals surface area (Å²) >= 11 is 0. The molecule has 0 bridgehead atoms. The quantitative estimate of drug-likeness (QED) is 0.646. The number of hydrogen-bond acceptors (Lipinski definition) is 3. The molecule has 1 heterocycles. The highest BCUT2D eigenvalue weighted by molar-refractivity contribution is 5.67. The predicted octanol–water partition coefficient (Wildman–Crippen LogP) is 1.53. The second kappa shape index (κ2) is 3.45. The van der Waals surface area contributed by atoms with E-state index < -0.39 is 6.09 Å². The van der Waals surface area contributed by atoms with Gasteiger partial charge >= 0.3 is 6.09 Å². The van der Waals surface area contributed by atoms with Gasteiger partial charge in [-0.25, -0.2) is 4.79 Å². The molecule has 1 aromatic carbocycles. The zero-order valence-corrected chi connectivity index (χ0v) is 6.97. The van der Waals surface area contributed by atoms with E-state index in [0.29, 0.717) is 6.54 Å². The van der Waals surface area contributed by atoms with E-state index in [1.54, 1.807) is 0 Å². The van der Waals surface area contributed by atoms with E-state index in [1.165, 1.54) is 4.90 Å². The van der Waals surface area contributed by atoms with E-state index in [2.05, 4.69) is 9.78 Å². The van der Waals surface area contributed by atoms with Crippen LogP contribution in [0, 0.1) is 0 Å². The SMILES string of the molecule is O=C1OOCN1Cc1ccccc1. The van der Waals surface area contributed by atoms with Crippen molar-refractivity contribution < 1.29 is 14.6 Å². The van der Waals surface area contributed by atoms with E-state index in [-0.39, 0.29) is 6.73 Å². The molecular weight excluding hydrogens is 170 g/mol. The number of nitrogens with zero attached hydrogens (tertiary/aromatic N) is 1. The minimum absolute atomic E-state index is 0.202. The zero-order chi connectivity index (χ0) is 9.10. The van der Waals surface area contributed by atoms with E-state index in [0.717, 1.165) is 5.56 Å². The van der Waals surface area contributed by atoms with Crippen LogP contribution < -0.4 is 0 Å². The molecule has 68 valence electrons. The molecule has 4 nitrogen and oxygen atoms in total. The molecule has 0 aromatic heterocycles. The van der Waals surface area contributed by atoms with Crippen LogP contribution in [-0.2, 0) is 16.3 Å². The smallest absolute Gasteiger partial charge is 0.274 e. The molecular formula is C9H9NO3. The zero-order valence-electron chi connectivity index (χ0n) is 6.97. The second-order valence-corrected chi connectivity index (χ2v) is 2.78. The third-order valence-electron chi connectivity index (χ3n) is 1.81. The molecule has 0 atom stereocenters. The minimum Gasteiger partial charge on any atom is -0.274 e. The topological polar surface area (TPSA) is 38.8 Å². The molecule has 0 aliphatic carbocycles. The molecule has 1 aliphatic rings. The number of rotatable bonds is 2. The molecule has 2 rings (SSSR count). The summed E-state index contributed by atoms with van der Waals surface area (Å²) in [5, 5.41) is 0. The monoisotopic (exact) mass is 179 g/mol. The standard InChI is InChI=1S/C9H9NO3/c11-9-10(7-12-13-9)6-8-4-2-1-3-5-8/h1-5H,6-7H2. The lowest BCUT2D eigenvalue weighted by Gasteiger charge is -2.09. The van der Waals surface area contributed by atoms with Crippen LogP contribution in [0.5, 0.6) is 0 Å². The Labute approximate surface area is 75.6 Å². The summed E-state index contributed by atoms with van der Waals surface area (Å²) in [6.07, 6.45) is -0.427. The van der Waals surface area contributed by atoms with Crippen molar-refractivity contribution in [1.82, 2.24) is 4.90 Å². The maximum atomic E-state index is 11.0. The average Bonchev–Trinajstić information content (AvgIpc) is 2.54. The first-order valence-electron chi connectivity index (χ1n) is 3.98. The summed E-state index contributed by atoms with van der Waals surface area (Å²) in [7, 11) is 0. The van der Waals surface area contributed by atoms with Crippen molar-refractivity contribution in [3.05, 3.63) is 35.9 Å². The van der Waals surface area contributed by atoms with Crippen LogP contribution in [0.4, 0.5) is 4.79 Å². The van der Waals surface area contributed by atoms with E-state index in [4.69, 9.17) is 0 Å². The van der Waals surface area contributed by atoms with Gasteiger partial charge in [0.15, 0.2) is 6.73 Å². The lowest BCUT2D eigenvalue weighted by atomic mass is 10.2. The molecule has 0 spiro atoms. The second-order valence-electron chi connectivity index (χ2n) is 2.78. The molecule has 1 amide bonds. The van der Waals surface area contributed by atoms with Crippen LogP contribution in [0.3, 0.4) is 0 Å². The van der Waals surface area contributed by atoms with Crippen LogP contribution in [0.25, 0.3) is 0 Å². The highest BCUT2D eigenvalue weighted by Gasteiger charge is 2.23. The fourth-order valence-electron chi connectivity index (χ4n) is 1.16. The van der Waals surface area contributed by atoms with Crippen molar-refractivity contribution in [2.45, 2.75) is 6.54 Å². The molecule has 1 aliphatic heterocycles. The summed E-state index contributed by atoms with van der Waals surface area (Å²) in [6.45, 7) is 0.730. The van der Waals surface area contributed by atoms with Gasteiger partial charge in [0.1, 0.15) is 0 Å². The molecule has 0 radical (unpaired) electrons. The third-order valence-corrected chi connectivity index (χ3v) is 1.81. The summed E-state index contributed by atoms with van der Waals surface area (Å²) in [6, 6.07) is 9.69. The molecule has 13 heavy (non-hydrogen) atoms. The fraction of sp³-hybridized carbons (Fsp3) is 0.222. The highest BCUT2D eigenvalue weighted by Crippen LogP contribution is 2.10. The van der Waals surface area contributed by atoms with Crippen molar-refractivity contribution in [3.63, 3.8) is 0 Å².